The molecule has 1 saturated heterocycles. The fourth-order valence-electron chi connectivity index (χ4n) is 1.60. The van der Waals surface area contributed by atoms with E-state index >= 15 is 0 Å². The van der Waals surface area contributed by atoms with Gasteiger partial charge in [-0.3, -0.25) is 4.79 Å². The minimum atomic E-state index is 0.0743. The van der Waals surface area contributed by atoms with Gasteiger partial charge in [0.1, 0.15) is 0 Å². The first-order valence-corrected chi connectivity index (χ1v) is 5.29. The van der Waals surface area contributed by atoms with Crippen LogP contribution in [0.2, 0.25) is 0 Å². The number of ether oxygens (including phenoxy) is 1. The van der Waals surface area contributed by atoms with Gasteiger partial charge < -0.3 is 15.4 Å². The lowest BCUT2D eigenvalue weighted by Crippen LogP contribution is -2.53. The first-order valence-electron chi connectivity index (χ1n) is 5.29. The molecule has 2 N–H and O–H groups in total. The SMILES string of the molecule is CCC(C)C(=O)N1CCOCC1CN. The van der Waals surface area contributed by atoms with Gasteiger partial charge in [0.2, 0.25) is 5.91 Å². The molecule has 0 spiro atoms. The molecule has 1 heterocycles. The van der Waals surface area contributed by atoms with E-state index in [0.29, 0.717) is 26.3 Å². The fourth-order valence-corrected chi connectivity index (χ4v) is 1.60. The van der Waals surface area contributed by atoms with Crippen LogP contribution in [0.3, 0.4) is 0 Å². The van der Waals surface area contributed by atoms with Gasteiger partial charge in [-0.25, -0.2) is 0 Å². The molecule has 4 nitrogen and oxygen atoms in total. The molecular formula is C10H20N2O2. The number of rotatable bonds is 3. The first kappa shape index (κ1) is 11.5. The average molecular weight is 200 g/mol. The Bertz CT molecular complexity index is 197. The van der Waals surface area contributed by atoms with Crippen molar-refractivity contribution in [3.63, 3.8) is 0 Å². The molecule has 0 aromatic rings. The minimum absolute atomic E-state index is 0.0743. The Kier molecular flexibility index (Phi) is 4.35. The molecule has 0 saturated carbocycles. The number of nitrogens with two attached hydrogens (primary N) is 1. The van der Waals surface area contributed by atoms with E-state index in [4.69, 9.17) is 10.5 Å². The van der Waals surface area contributed by atoms with Crippen LogP contribution in [0.1, 0.15) is 20.3 Å². The van der Waals surface area contributed by atoms with Gasteiger partial charge in [-0.2, -0.15) is 0 Å². The number of nitrogens with zero attached hydrogens (tertiary/aromatic N) is 1. The number of carbonyl (C=O) groups is 1. The third-order valence-electron chi connectivity index (χ3n) is 2.82. The van der Waals surface area contributed by atoms with Crippen molar-refractivity contribution in [2.75, 3.05) is 26.3 Å². The molecule has 1 amide bonds. The summed E-state index contributed by atoms with van der Waals surface area (Å²) < 4.78 is 5.29. The predicted octanol–water partition coefficient (Wildman–Crippen LogP) is 0.219. The number of hydrogen-bond acceptors (Lipinski definition) is 3. The van der Waals surface area contributed by atoms with Crippen molar-refractivity contribution in [2.24, 2.45) is 11.7 Å². The van der Waals surface area contributed by atoms with Crippen LogP contribution >= 0.6 is 0 Å². The zero-order valence-electron chi connectivity index (χ0n) is 9.03. The summed E-state index contributed by atoms with van der Waals surface area (Å²) in [5, 5.41) is 0. The molecule has 0 aromatic heterocycles. The van der Waals surface area contributed by atoms with E-state index in [0.717, 1.165) is 6.42 Å². The zero-order valence-corrected chi connectivity index (χ0v) is 9.03. The molecule has 4 heteroatoms. The highest BCUT2D eigenvalue weighted by Gasteiger charge is 2.28. The van der Waals surface area contributed by atoms with E-state index in [2.05, 4.69) is 0 Å². The van der Waals surface area contributed by atoms with Crippen LogP contribution in [0.25, 0.3) is 0 Å². The summed E-state index contributed by atoms with van der Waals surface area (Å²) in [6.07, 6.45) is 0.882. The molecule has 0 aliphatic carbocycles. The molecule has 1 aliphatic heterocycles. The van der Waals surface area contributed by atoms with Gasteiger partial charge >= 0.3 is 0 Å². The summed E-state index contributed by atoms with van der Waals surface area (Å²) in [7, 11) is 0. The van der Waals surface area contributed by atoms with Gasteiger partial charge in [0, 0.05) is 19.0 Å². The second kappa shape index (κ2) is 5.32. The maximum atomic E-state index is 11.9. The quantitative estimate of drug-likeness (QED) is 0.709. The Labute approximate surface area is 85.4 Å². The highest BCUT2D eigenvalue weighted by atomic mass is 16.5. The Hall–Kier alpha value is -0.610. The predicted molar refractivity (Wildman–Crippen MR) is 54.8 cm³/mol. The van der Waals surface area contributed by atoms with Crippen molar-refractivity contribution in [1.29, 1.82) is 0 Å². The van der Waals surface area contributed by atoms with Crippen molar-refractivity contribution in [1.82, 2.24) is 4.90 Å². The highest BCUT2D eigenvalue weighted by molar-refractivity contribution is 5.78. The second-order valence-corrected chi connectivity index (χ2v) is 3.81. The lowest BCUT2D eigenvalue weighted by Gasteiger charge is -2.36. The van der Waals surface area contributed by atoms with Crippen molar-refractivity contribution in [3.05, 3.63) is 0 Å². The van der Waals surface area contributed by atoms with E-state index in [1.54, 1.807) is 0 Å². The molecule has 1 fully saturated rings. The number of amides is 1. The lowest BCUT2D eigenvalue weighted by molar-refractivity contribution is -0.143. The van der Waals surface area contributed by atoms with Gasteiger partial charge in [-0.15, -0.1) is 0 Å². The van der Waals surface area contributed by atoms with E-state index in [-0.39, 0.29) is 17.9 Å². The summed E-state index contributed by atoms with van der Waals surface area (Å²) >= 11 is 0. The van der Waals surface area contributed by atoms with Gasteiger partial charge in [-0.05, 0) is 6.42 Å². The first-order chi connectivity index (χ1) is 6.70. The van der Waals surface area contributed by atoms with Crippen LogP contribution < -0.4 is 5.73 Å². The topological polar surface area (TPSA) is 55.6 Å². The maximum Gasteiger partial charge on any atom is 0.225 e. The van der Waals surface area contributed by atoms with Crippen molar-refractivity contribution in [3.8, 4) is 0 Å². The van der Waals surface area contributed by atoms with Crippen LogP contribution in [-0.4, -0.2) is 43.2 Å². The molecule has 1 aliphatic rings. The van der Waals surface area contributed by atoms with Gasteiger partial charge in [0.25, 0.3) is 0 Å². The number of carbonyl (C=O) groups excluding carboxylic acids is 1. The fraction of sp³-hybridized carbons (Fsp3) is 0.900. The standard InChI is InChI=1S/C10H20N2O2/c1-3-8(2)10(13)12-4-5-14-7-9(12)6-11/h8-9H,3-7,11H2,1-2H3. The summed E-state index contributed by atoms with van der Waals surface area (Å²) in [5.74, 6) is 0.313. The smallest absolute Gasteiger partial charge is 0.225 e. The molecule has 0 aromatic carbocycles. The highest BCUT2D eigenvalue weighted by Crippen LogP contribution is 2.12. The largest absolute Gasteiger partial charge is 0.377 e. The van der Waals surface area contributed by atoms with E-state index in [1.807, 2.05) is 18.7 Å². The average Bonchev–Trinajstić information content (AvgIpc) is 2.26. The monoisotopic (exact) mass is 200 g/mol. The Morgan fingerprint density at radius 2 is 2.43 bits per heavy atom. The molecule has 0 bridgehead atoms. The Balaban J connectivity index is 2.58. The lowest BCUT2D eigenvalue weighted by atomic mass is 10.1. The molecule has 2 unspecified atom stereocenters. The molecular weight excluding hydrogens is 180 g/mol. The van der Waals surface area contributed by atoms with Crippen molar-refractivity contribution in [2.45, 2.75) is 26.3 Å². The summed E-state index contributed by atoms with van der Waals surface area (Å²) in [4.78, 5) is 13.8. The third-order valence-corrected chi connectivity index (χ3v) is 2.82. The normalized spacial score (nSPS) is 24.8. The Morgan fingerprint density at radius 3 is 3.00 bits per heavy atom. The second-order valence-electron chi connectivity index (χ2n) is 3.81. The van der Waals surface area contributed by atoms with E-state index in [9.17, 15) is 4.79 Å². The van der Waals surface area contributed by atoms with E-state index in [1.165, 1.54) is 0 Å². The third kappa shape index (κ3) is 2.45. The molecule has 0 radical (unpaired) electrons. The molecule has 2 atom stereocenters. The molecule has 14 heavy (non-hydrogen) atoms. The maximum absolute atomic E-state index is 11.9. The number of hydrogen-bond donors (Lipinski definition) is 1. The Morgan fingerprint density at radius 1 is 1.71 bits per heavy atom. The molecule has 1 rings (SSSR count). The van der Waals surface area contributed by atoms with Crippen molar-refractivity contribution >= 4 is 5.91 Å². The minimum Gasteiger partial charge on any atom is -0.377 e. The zero-order chi connectivity index (χ0) is 10.6. The summed E-state index contributed by atoms with van der Waals surface area (Å²) in [6, 6.07) is 0.0743. The number of morpholine rings is 1. The van der Waals surface area contributed by atoms with Crippen molar-refractivity contribution < 1.29 is 9.53 Å². The summed E-state index contributed by atoms with van der Waals surface area (Å²) in [6.45, 7) is 6.39. The van der Waals surface area contributed by atoms with Gasteiger partial charge in [0.05, 0.1) is 19.3 Å². The van der Waals surface area contributed by atoms with Gasteiger partial charge in [0.15, 0.2) is 0 Å². The van der Waals surface area contributed by atoms with E-state index < -0.39 is 0 Å². The van der Waals surface area contributed by atoms with Gasteiger partial charge in [-0.1, -0.05) is 13.8 Å². The van der Waals surface area contributed by atoms with Crippen LogP contribution in [0.4, 0.5) is 0 Å². The van der Waals surface area contributed by atoms with Crippen LogP contribution in [0, 0.1) is 5.92 Å². The van der Waals surface area contributed by atoms with Crippen LogP contribution in [0.5, 0.6) is 0 Å². The summed E-state index contributed by atoms with van der Waals surface area (Å²) in [5.41, 5.74) is 5.60. The molecule has 82 valence electrons. The van der Waals surface area contributed by atoms with Crippen LogP contribution in [0.15, 0.2) is 0 Å². The van der Waals surface area contributed by atoms with Crippen LogP contribution in [-0.2, 0) is 9.53 Å².